The fourth-order valence-corrected chi connectivity index (χ4v) is 4.07. The lowest BCUT2D eigenvalue weighted by molar-refractivity contribution is 0.653. The maximum absolute atomic E-state index is 11.4. The van der Waals surface area contributed by atoms with E-state index >= 15 is 0 Å². The van der Waals surface area contributed by atoms with Gasteiger partial charge < -0.3 is 0 Å². The molecule has 0 atom stereocenters. The highest BCUT2D eigenvalue weighted by Gasteiger charge is 2.16. The van der Waals surface area contributed by atoms with Gasteiger partial charge in [-0.25, -0.2) is 5.10 Å². The van der Waals surface area contributed by atoms with E-state index in [0.717, 1.165) is 11.5 Å². The van der Waals surface area contributed by atoms with E-state index in [1.54, 1.807) is 0 Å². The number of rotatable bonds is 2. The molecule has 1 aromatic heterocycles. The number of hydrogen-bond donors (Lipinski definition) is 1. The number of thioether (sulfide) groups is 2. The average Bonchev–Trinajstić information content (AvgIpc) is 2.26. The van der Waals surface area contributed by atoms with Crippen LogP contribution < -0.4 is 11.1 Å². The molecule has 2 heterocycles. The topological polar surface area (TPSA) is 67.8 Å². The normalized spacial score (nSPS) is 17.9. The molecule has 0 aromatic carbocycles. The summed E-state index contributed by atoms with van der Waals surface area (Å²) in [5.41, 5.74) is -1.25. The second kappa shape index (κ2) is 4.89. The van der Waals surface area contributed by atoms with Crippen LogP contribution in [0.4, 0.5) is 0 Å². The van der Waals surface area contributed by atoms with Gasteiger partial charge in [0.25, 0.3) is 0 Å². The van der Waals surface area contributed by atoms with Gasteiger partial charge in [0.05, 0.1) is 4.58 Å². The van der Waals surface area contributed by atoms with Crippen LogP contribution in [-0.4, -0.2) is 30.9 Å². The highest BCUT2D eigenvalue weighted by molar-refractivity contribution is 8.17. The van der Waals surface area contributed by atoms with Gasteiger partial charge in [0.15, 0.2) is 0 Å². The van der Waals surface area contributed by atoms with E-state index in [2.05, 4.69) is 16.5 Å². The molecule has 7 heteroatoms. The van der Waals surface area contributed by atoms with Crippen LogP contribution in [0, 0.1) is 6.33 Å². The molecule has 0 spiro atoms. The van der Waals surface area contributed by atoms with Crippen LogP contribution in [0.15, 0.2) is 9.59 Å². The predicted octanol–water partition coefficient (Wildman–Crippen LogP) is -0.0720. The van der Waals surface area contributed by atoms with Crippen molar-refractivity contribution in [1.29, 1.82) is 0 Å². The van der Waals surface area contributed by atoms with Crippen molar-refractivity contribution < 1.29 is 0 Å². The summed E-state index contributed by atoms with van der Waals surface area (Å²) in [7, 11) is 0. The monoisotopic (exact) mass is 244 g/mol. The third-order valence-electron chi connectivity index (χ3n) is 2.00. The van der Waals surface area contributed by atoms with Gasteiger partial charge in [-0.1, -0.05) is 0 Å². The third kappa shape index (κ3) is 2.66. The third-order valence-corrected chi connectivity index (χ3v) is 4.90. The molecule has 15 heavy (non-hydrogen) atoms. The van der Waals surface area contributed by atoms with Crippen LogP contribution in [0.2, 0.25) is 0 Å². The first-order chi connectivity index (χ1) is 7.27. The van der Waals surface area contributed by atoms with Crippen LogP contribution in [0.1, 0.15) is 6.42 Å². The fourth-order valence-electron chi connectivity index (χ4n) is 1.27. The maximum Gasteiger partial charge on any atom is 0.330 e. The van der Waals surface area contributed by atoms with E-state index < -0.39 is 11.1 Å². The van der Waals surface area contributed by atoms with Crippen molar-refractivity contribution in [1.82, 2.24) is 14.8 Å². The summed E-state index contributed by atoms with van der Waals surface area (Å²) in [6.45, 7) is 0.505. The molecule has 0 unspecified atom stereocenters. The molecule has 0 amide bonds. The maximum atomic E-state index is 11.4. The molecular weight excluding hydrogens is 234 g/mol. The van der Waals surface area contributed by atoms with Crippen molar-refractivity contribution in [3.8, 4) is 0 Å². The Morgan fingerprint density at radius 1 is 1.47 bits per heavy atom. The highest BCUT2D eigenvalue weighted by atomic mass is 32.2. The molecule has 1 fully saturated rings. The van der Waals surface area contributed by atoms with E-state index in [-0.39, 0.29) is 0 Å². The molecule has 0 bridgehead atoms. The quantitative estimate of drug-likeness (QED) is 0.738. The Morgan fingerprint density at radius 2 is 2.20 bits per heavy atom. The van der Waals surface area contributed by atoms with Crippen LogP contribution in [0.3, 0.4) is 0 Å². The van der Waals surface area contributed by atoms with Crippen molar-refractivity contribution in [3.63, 3.8) is 0 Å². The molecule has 0 aliphatic carbocycles. The van der Waals surface area contributed by atoms with Gasteiger partial charge in [-0.05, 0) is 17.9 Å². The second-order valence-electron chi connectivity index (χ2n) is 3.09. The predicted molar refractivity (Wildman–Crippen MR) is 61.3 cm³/mol. The largest absolute Gasteiger partial charge is 0.330 e. The molecule has 1 saturated heterocycles. The van der Waals surface area contributed by atoms with Crippen molar-refractivity contribution in [2.75, 3.05) is 11.5 Å². The Hall–Kier alpha value is -0.690. The van der Waals surface area contributed by atoms with Gasteiger partial charge in [-0.15, -0.1) is 23.5 Å². The van der Waals surface area contributed by atoms with Crippen molar-refractivity contribution >= 4 is 23.5 Å². The Balaban J connectivity index is 2.13. The molecule has 1 aromatic rings. The van der Waals surface area contributed by atoms with Gasteiger partial charge in [0.1, 0.15) is 0 Å². The molecule has 2 rings (SSSR count). The molecule has 1 radical (unpaired) electrons. The smallest absolute Gasteiger partial charge is 0.282 e. The molecule has 1 aliphatic rings. The number of hydrogen-bond acceptors (Lipinski definition) is 5. The average molecular weight is 244 g/mol. The summed E-state index contributed by atoms with van der Waals surface area (Å²) in [5, 5.41) is 5.56. The second-order valence-corrected chi connectivity index (χ2v) is 6.01. The number of nitrogens with zero attached hydrogens (tertiary/aromatic N) is 2. The standard InChI is InChI=1S/C8H10N3O2S2/c12-7-8(13)11(5-9-10-7)4-6-14-2-1-3-15-6/h6H,1-4H2,(H,10,12). The van der Waals surface area contributed by atoms with Crippen LogP contribution in [0.5, 0.6) is 0 Å². The first-order valence-electron chi connectivity index (χ1n) is 4.58. The Kier molecular flexibility index (Phi) is 3.53. The summed E-state index contributed by atoms with van der Waals surface area (Å²) in [4.78, 5) is 22.4. The highest BCUT2D eigenvalue weighted by Crippen LogP contribution is 2.30. The summed E-state index contributed by atoms with van der Waals surface area (Å²) in [6.07, 6.45) is 3.70. The molecule has 1 N–H and O–H groups in total. The summed E-state index contributed by atoms with van der Waals surface area (Å²) in [6, 6.07) is 0. The lowest BCUT2D eigenvalue weighted by Crippen LogP contribution is -2.38. The summed E-state index contributed by atoms with van der Waals surface area (Å²) < 4.78 is 1.59. The first-order valence-corrected chi connectivity index (χ1v) is 6.67. The number of aromatic amines is 1. The zero-order valence-electron chi connectivity index (χ0n) is 7.93. The minimum absolute atomic E-state index is 0.330. The van der Waals surface area contributed by atoms with Gasteiger partial charge in [-0.2, -0.15) is 5.10 Å². The molecule has 1 aliphatic heterocycles. The number of nitrogens with one attached hydrogen (secondary N) is 1. The lowest BCUT2D eigenvalue weighted by Gasteiger charge is -2.20. The Labute approximate surface area is 94.7 Å². The van der Waals surface area contributed by atoms with Gasteiger partial charge >= 0.3 is 11.1 Å². The van der Waals surface area contributed by atoms with Crippen LogP contribution >= 0.6 is 23.5 Å². The van der Waals surface area contributed by atoms with Crippen molar-refractivity contribution in [3.05, 3.63) is 27.0 Å². The number of H-pyrrole nitrogens is 1. The molecular formula is C8H10N3O2S2. The van der Waals surface area contributed by atoms with Gasteiger partial charge in [0, 0.05) is 6.54 Å². The number of aromatic nitrogens is 3. The van der Waals surface area contributed by atoms with E-state index in [0.29, 0.717) is 11.1 Å². The Morgan fingerprint density at radius 3 is 2.93 bits per heavy atom. The van der Waals surface area contributed by atoms with E-state index in [4.69, 9.17) is 0 Å². The van der Waals surface area contributed by atoms with Crippen molar-refractivity contribution in [2.45, 2.75) is 17.5 Å². The first kappa shape index (κ1) is 10.8. The zero-order valence-corrected chi connectivity index (χ0v) is 9.57. The fraction of sp³-hybridized carbons (Fsp3) is 0.625. The SMILES string of the molecule is O=c1[nH]n[c]n(CC2SCCCS2)c1=O. The van der Waals surface area contributed by atoms with E-state index in [1.807, 2.05) is 23.5 Å². The summed E-state index contributed by atoms with van der Waals surface area (Å²) in [5.74, 6) is 2.23. The van der Waals surface area contributed by atoms with Gasteiger partial charge in [0.2, 0.25) is 6.33 Å². The molecule has 81 valence electrons. The van der Waals surface area contributed by atoms with E-state index in [1.165, 1.54) is 11.0 Å². The minimum Gasteiger partial charge on any atom is -0.282 e. The zero-order chi connectivity index (χ0) is 10.7. The van der Waals surface area contributed by atoms with Crippen LogP contribution in [0.25, 0.3) is 0 Å². The van der Waals surface area contributed by atoms with Crippen molar-refractivity contribution in [2.24, 2.45) is 0 Å². The minimum atomic E-state index is -0.681. The Bertz CT molecular complexity index is 436. The lowest BCUT2D eigenvalue weighted by atomic mass is 10.6. The van der Waals surface area contributed by atoms with Gasteiger partial charge in [-0.3, -0.25) is 14.2 Å². The summed E-state index contributed by atoms with van der Waals surface area (Å²) >= 11 is 3.63. The molecule has 5 nitrogen and oxygen atoms in total. The molecule has 0 saturated carbocycles. The van der Waals surface area contributed by atoms with Crippen LogP contribution in [-0.2, 0) is 6.54 Å². The van der Waals surface area contributed by atoms with E-state index in [9.17, 15) is 9.59 Å².